The van der Waals surface area contributed by atoms with Gasteiger partial charge in [0, 0.05) is 0 Å². The van der Waals surface area contributed by atoms with Crippen LogP contribution in [0, 0.1) is 5.92 Å². The van der Waals surface area contributed by atoms with Crippen LogP contribution in [0.25, 0.3) is 0 Å². The van der Waals surface area contributed by atoms with E-state index in [1.807, 2.05) is 0 Å². The van der Waals surface area contributed by atoms with Crippen LogP contribution in [0.5, 0.6) is 0 Å². The van der Waals surface area contributed by atoms with Gasteiger partial charge in [-0.25, -0.2) is 0 Å². The first-order valence-corrected chi connectivity index (χ1v) is 14.0. The Hall–Kier alpha value is -0.260. The van der Waals surface area contributed by atoms with Crippen LogP contribution in [-0.4, -0.2) is 0 Å². The van der Waals surface area contributed by atoms with Crippen molar-refractivity contribution in [2.75, 3.05) is 0 Å². The zero-order chi connectivity index (χ0) is 21.3. The van der Waals surface area contributed by atoms with E-state index in [0.717, 1.165) is 5.92 Å². The van der Waals surface area contributed by atoms with Crippen molar-refractivity contribution < 1.29 is 0 Å². The van der Waals surface area contributed by atoms with E-state index in [1.165, 1.54) is 148 Å². The van der Waals surface area contributed by atoms with Gasteiger partial charge >= 0.3 is 0 Å². The van der Waals surface area contributed by atoms with E-state index in [0.29, 0.717) is 0 Å². The molecule has 174 valence electrons. The van der Waals surface area contributed by atoms with Crippen LogP contribution in [0.4, 0.5) is 0 Å². The van der Waals surface area contributed by atoms with Crippen molar-refractivity contribution in [2.24, 2.45) is 5.92 Å². The van der Waals surface area contributed by atoms with Crippen LogP contribution >= 0.6 is 0 Å². The van der Waals surface area contributed by atoms with Crippen LogP contribution in [0.1, 0.15) is 168 Å². The van der Waals surface area contributed by atoms with E-state index in [-0.39, 0.29) is 0 Å². The molecular formula is C29H58. The number of unbranched alkanes of at least 4 members (excludes halogenated alkanes) is 17. The molecule has 0 aromatic rings. The standard InChI is InChI=1S/C29H58/c1-4-7-9-11-12-13-14-15-16-17-18-19-20-21-22-24-26-28-29(6-3)27-25-23-10-8-5-2/h12-13,29H,4-11,14-28H2,1-3H3/b13-12+. The average molecular weight is 407 g/mol. The number of hydrogen-bond acceptors (Lipinski definition) is 0. The van der Waals surface area contributed by atoms with Crippen molar-refractivity contribution in [3.05, 3.63) is 12.2 Å². The molecule has 0 amide bonds. The molecule has 1 unspecified atom stereocenters. The second kappa shape index (κ2) is 25.8. The molecule has 0 aliphatic rings. The Bertz CT molecular complexity index is 303. The Labute approximate surface area is 186 Å². The van der Waals surface area contributed by atoms with Crippen molar-refractivity contribution in [3.8, 4) is 0 Å². The lowest BCUT2D eigenvalue weighted by atomic mass is 9.92. The first-order chi connectivity index (χ1) is 14.3. The lowest BCUT2D eigenvalue weighted by Gasteiger charge is -2.14. The number of rotatable bonds is 24. The molecule has 0 fully saturated rings. The smallest absolute Gasteiger partial charge is 0.0351 e. The fraction of sp³-hybridized carbons (Fsp3) is 0.931. The highest BCUT2D eigenvalue weighted by Gasteiger charge is 2.05. The minimum Gasteiger partial charge on any atom is -0.0885 e. The molecule has 0 saturated carbocycles. The van der Waals surface area contributed by atoms with Gasteiger partial charge in [0.2, 0.25) is 0 Å². The maximum absolute atomic E-state index is 2.42. The normalized spacial score (nSPS) is 12.8. The van der Waals surface area contributed by atoms with Gasteiger partial charge in [-0.05, 0) is 31.6 Å². The van der Waals surface area contributed by atoms with Crippen molar-refractivity contribution >= 4 is 0 Å². The van der Waals surface area contributed by atoms with Gasteiger partial charge < -0.3 is 0 Å². The summed E-state index contributed by atoms with van der Waals surface area (Å²) in [6.45, 7) is 6.99. The topological polar surface area (TPSA) is 0 Å². The Balaban J connectivity index is 3.24. The molecule has 29 heavy (non-hydrogen) atoms. The van der Waals surface area contributed by atoms with E-state index in [4.69, 9.17) is 0 Å². The van der Waals surface area contributed by atoms with Gasteiger partial charge in [0.25, 0.3) is 0 Å². The lowest BCUT2D eigenvalue weighted by Crippen LogP contribution is -1.99. The average Bonchev–Trinajstić information content (AvgIpc) is 2.74. The molecule has 0 spiro atoms. The van der Waals surface area contributed by atoms with Gasteiger partial charge in [0.1, 0.15) is 0 Å². The van der Waals surface area contributed by atoms with Crippen molar-refractivity contribution in [2.45, 2.75) is 168 Å². The molecule has 0 rings (SSSR count). The van der Waals surface area contributed by atoms with Crippen molar-refractivity contribution in [1.82, 2.24) is 0 Å². The predicted octanol–water partition coefficient (Wildman–Crippen LogP) is 11.2. The molecule has 0 aromatic heterocycles. The summed E-state index contributed by atoms with van der Waals surface area (Å²) in [5, 5.41) is 0. The predicted molar refractivity (Wildman–Crippen MR) is 136 cm³/mol. The number of allylic oxidation sites excluding steroid dienone is 2. The van der Waals surface area contributed by atoms with Gasteiger partial charge in [-0.2, -0.15) is 0 Å². The summed E-state index contributed by atoms with van der Waals surface area (Å²) in [6.07, 6.45) is 37.8. The Kier molecular flexibility index (Phi) is 25.5. The van der Waals surface area contributed by atoms with Crippen LogP contribution in [-0.2, 0) is 0 Å². The molecular weight excluding hydrogens is 348 g/mol. The molecule has 0 N–H and O–H groups in total. The summed E-state index contributed by atoms with van der Waals surface area (Å²) in [4.78, 5) is 0. The van der Waals surface area contributed by atoms with Gasteiger partial charge in [-0.15, -0.1) is 0 Å². The van der Waals surface area contributed by atoms with Crippen LogP contribution in [0.2, 0.25) is 0 Å². The maximum atomic E-state index is 2.42. The van der Waals surface area contributed by atoms with Crippen LogP contribution in [0.15, 0.2) is 12.2 Å². The Morgan fingerprint density at radius 2 is 0.759 bits per heavy atom. The van der Waals surface area contributed by atoms with Crippen molar-refractivity contribution in [3.63, 3.8) is 0 Å². The van der Waals surface area contributed by atoms with E-state index in [9.17, 15) is 0 Å². The van der Waals surface area contributed by atoms with Gasteiger partial charge in [0.15, 0.2) is 0 Å². The van der Waals surface area contributed by atoms with E-state index >= 15 is 0 Å². The zero-order valence-corrected chi connectivity index (χ0v) is 21.0. The molecule has 0 aliphatic carbocycles. The van der Waals surface area contributed by atoms with Gasteiger partial charge in [-0.3, -0.25) is 0 Å². The zero-order valence-electron chi connectivity index (χ0n) is 21.0. The third kappa shape index (κ3) is 23.9. The summed E-state index contributed by atoms with van der Waals surface area (Å²) in [5.41, 5.74) is 0. The largest absolute Gasteiger partial charge is 0.0885 e. The summed E-state index contributed by atoms with van der Waals surface area (Å²) < 4.78 is 0. The highest BCUT2D eigenvalue weighted by atomic mass is 14.1. The van der Waals surface area contributed by atoms with E-state index in [1.54, 1.807) is 0 Å². The first-order valence-electron chi connectivity index (χ1n) is 14.0. The second-order valence-corrected chi connectivity index (χ2v) is 9.56. The third-order valence-corrected chi connectivity index (χ3v) is 6.67. The summed E-state index contributed by atoms with van der Waals surface area (Å²) in [5.74, 6) is 1.02. The number of hydrogen-bond donors (Lipinski definition) is 0. The molecule has 0 nitrogen and oxygen atoms in total. The molecule has 1 atom stereocenters. The molecule has 0 saturated heterocycles. The van der Waals surface area contributed by atoms with Crippen LogP contribution in [0.3, 0.4) is 0 Å². The molecule has 0 radical (unpaired) electrons. The summed E-state index contributed by atoms with van der Waals surface area (Å²) in [7, 11) is 0. The Morgan fingerprint density at radius 3 is 1.21 bits per heavy atom. The molecule has 0 aromatic carbocycles. The summed E-state index contributed by atoms with van der Waals surface area (Å²) in [6, 6.07) is 0. The first kappa shape index (κ1) is 28.7. The Morgan fingerprint density at radius 1 is 0.414 bits per heavy atom. The third-order valence-electron chi connectivity index (χ3n) is 6.67. The quantitative estimate of drug-likeness (QED) is 0.110. The lowest BCUT2D eigenvalue weighted by molar-refractivity contribution is 0.393. The maximum Gasteiger partial charge on any atom is -0.0351 e. The minimum atomic E-state index is 1.02. The molecule has 0 bridgehead atoms. The monoisotopic (exact) mass is 406 g/mol. The van der Waals surface area contributed by atoms with Crippen LogP contribution < -0.4 is 0 Å². The summed E-state index contributed by atoms with van der Waals surface area (Å²) >= 11 is 0. The highest BCUT2D eigenvalue weighted by molar-refractivity contribution is 4.81. The van der Waals surface area contributed by atoms with E-state index in [2.05, 4.69) is 32.9 Å². The molecule has 0 heterocycles. The highest BCUT2D eigenvalue weighted by Crippen LogP contribution is 2.21. The SMILES string of the molecule is CCCCC/C=C/CCCCCCCCCCCCC(CC)CCCCCCC. The fourth-order valence-electron chi connectivity index (χ4n) is 4.45. The van der Waals surface area contributed by atoms with Gasteiger partial charge in [-0.1, -0.05) is 155 Å². The van der Waals surface area contributed by atoms with Crippen molar-refractivity contribution in [1.29, 1.82) is 0 Å². The molecule has 0 heteroatoms. The fourth-order valence-corrected chi connectivity index (χ4v) is 4.45. The minimum absolute atomic E-state index is 1.02. The van der Waals surface area contributed by atoms with E-state index < -0.39 is 0 Å². The second-order valence-electron chi connectivity index (χ2n) is 9.56. The van der Waals surface area contributed by atoms with Gasteiger partial charge in [0.05, 0.1) is 0 Å². The molecule has 0 aliphatic heterocycles.